The summed E-state index contributed by atoms with van der Waals surface area (Å²) >= 11 is 3.26. The van der Waals surface area contributed by atoms with Crippen LogP contribution in [0.2, 0.25) is 0 Å². The zero-order valence-corrected chi connectivity index (χ0v) is 20.3. The van der Waals surface area contributed by atoms with E-state index in [9.17, 15) is 9.59 Å². The zero-order valence-electron chi connectivity index (χ0n) is 18.7. The van der Waals surface area contributed by atoms with E-state index in [4.69, 9.17) is 5.73 Å². The molecule has 0 saturated carbocycles. The molecule has 2 amide bonds. The van der Waals surface area contributed by atoms with E-state index < -0.39 is 6.04 Å². The lowest BCUT2D eigenvalue weighted by Gasteiger charge is -2.43. The van der Waals surface area contributed by atoms with Gasteiger partial charge in [0.05, 0.1) is 4.88 Å². The first-order valence-corrected chi connectivity index (χ1v) is 12.7. The minimum absolute atomic E-state index is 0.0503. The fourth-order valence-electron chi connectivity index (χ4n) is 4.21. The summed E-state index contributed by atoms with van der Waals surface area (Å²) in [4.78, 5) is 33.7. The highest BCUT2D eigenvalue weighted by Crippen LogP contribution is 2.28. The van der Waals surface area contributed by atoms with Gasteiger partial charge in [-0.3, -0.25) is 14.5 Å². The van der Waals surface area contributed by atoms with E-state index in [2.05, 4.69) is 43.1 Å². The van der Waals surface area contributed by atoms with Crippen LogP contribution in [-0.2, 0) is 11.3 Å². The van der Waals surface area contributed by atoms with Crippen molar-refractivity contribution in [3.63, 3.8) is 0 Å². The molecule has 1 fully saturated rings. The van der Waals surface area contributed by atoms with Crippen molar-refractivity contribution in [1.29, 1.82) is 0 Å². The molecule has 2 aromatic heterocycles. The van der Waals surface area contributed by atoms with Crippen molar-refractivity contribution in [3.8, 4) is 0 Å². The SMILES string of the molecule is Cc1ccc(CN(CC(C)C)C2CCN(C(=O)c3cccs3)[C@@H](C(=O)NCCN)C2)s1. The topological polar surface area (TPSA) is 78.7 Å². The quantitative estimate of drug-likeness (QED) is 0.599. The summed E-state index contributed by atoms with van der Waals surface area (Å²) in [6, 6.07) is 7.86. The van der Waals surface area contributed by atoms with Crippen molar-refractivity contribution < 1.29 is 9.59 Å². The molecule has 3 rings (SSSR count). The summed E-state index contributed by atoms with van der Waals surface area (Å²) < 4.78 is 0. The summed E-state index contributed by atoms with van der Waals surface area (Å²) in [6.45, 7) is 9.84. The van der Waals surface area contributed by atoms with Crippen LogP contribution in [0.1, 0.15) is 46.1 Å². The second-order valence-electron chi connectivity index (χ2n) is 8.59. The van der Waals surface area contributed by atoms with E-state index in [1.807, 2.05) is 28.8 Å². The first-order valence-electron chi connectivity index (χ1n) is 11.0. The molecule has 2 aromatic rings. The lowest BCUT2D eigenvalue weighted by atomic mass is 9.93. The van der Waals surface area contributed by atoms with Crippen molar-refractivity contribution in [2.75, 3.05) is 26.2 Å². The first-order chi connectivity index (χ1) is 14.9. The number of carbonyl (C=O) groups is 2. The van der Waals surface area contributed by atoms with Crippen molar-refractivity contribution in [3.05, 3.63) is 44.3 Å². The minimum atomic E-state index is -0.473. The van der Waals surface area contributed by atoms with Crippen LogP contribution in [-0.4, -0.2) is 59.9 Å². The van der Waals surface area contributed by atoms with Crippen LogP contribution in [0.15, 0.2) is 29.6 Å². The van der Waals surface area contributed by atoms with Gasteiger partial charge in [-0.25, -0.2) is 0 Å². The molecule has 0 spiro atoms. The molecular formula is C23H34N4O2S2. The lowest BCUT2D eigenvalue weighted by Crippen LogP contribution is -2.57. The Morgan fingerprint density at radius 3 is 2.74 bits per heavy atom. The van der Waals surface area contributed by atoms with Crippen LogP contribution >= 0.6 is 22.7 Å². The number of amides is 2. The molecule has 0 aliphatic carbocycles. The molecule has 1 unspecified atom stereocenters. The van der Waals surface area contributed by atoms with Gasteiger partial charge in [0.25, 0.3) is 5.91 Å². The molecule has 2 atom stereocenters. The minimum Gasteiger partial charge on any atom is -0.353 e. The number of hydrogen-bond donors (Lipinski definition) is 2. The highest BCUT2D eigenvalue weighted by Gasteiger charge is 2.38. The van der Waals surface area contributed by atoms with Crippen molar-refractivity contribution in [2.45, 2.75) is 52.2 Å². The Hall–Kier alpha value is -1.74. The molecule has 0 bridgehead atoms. The Kier molecular flexibility index (Phi) is 8.66. The number of carbonyl (C=O) groups excluding carboxylic acids is 2. The first kappa shape index (κ1) is 23.9. The molecule has 8 heteroatoms. The number of rotatable bonds is 9. The number of hydrogen-bond acceptors (Lipinski definition) is 6. The van der Waals surface area contributed by atoms with Gasteiger partial charge in [-0.05, 0) is 49.3 Å². The summed E-state index contributed by atoms with van der Waals surface area (Å²) in [7, 11) is 0. The average molecular weight is 463 g/mol. The van der Waals surface area contributed by atoms with E-state index in [1.54, 1.807) is 4.90 Å². The average Bonchev–Trinajstić information content (AvgIpc) is 3.42. The third-order valence-corrected chi connectivity index (χ3v) is 7.43. The van der Waals surface area contributed by atoms with Crippen molar-refractivity contribution in [1.82, 2.24) is 15.1 Å². The summed E-state index contributed by atoms with van der Waals surface area (Å²) in [5.74, 6) is 0.374. The summed E-state index contributed by atoms with van der Waals surface area (Å²) in [5, 5.41) is 4.81. The van der Waals surface area contributed by atoms with Crippen LogP contribution in [0, 0.1) is 12.8 Å². The van der Waals surface area contributed by atoms with E-state index in [-0.39, 0.29) is 17.9 Å². The maximum Gasteiger partial charge on any atom is 0.264 e. The largest absolute Gasteiger partial charge is 0.353 e. The van der Waals surface area contributed by atoms with Crippen LogP contribution < -0.4 is 11.1 Å². The summed E-state index contributed by atoms with van der Waals surface area (Å²) in [6.07, 6.45) is 1.51. The number of thiophene rings is 2. The third kappa shape index (κ3) is 6.38. The Morgan fingerprint density at radius 1 is 1.32 bits per heavy atom. The molecule has 1 aliphatic rings. The van der Waals surface area contributed by atoms with Gasteiger partial charge in [-0.15, -0.1) is 22.7 Å². The van der Waals surface area contributed by atoms with Crippen LogP contribution in [0.4, 0.5) is 0 Å². The lowest BCUT2D eigenvalue weighted by molar-refractivity contribution is -0.127. The summed E-state index contributed by atoms with van der Waals surface area (Å²) in [5.41, 5.74) is 5.60. The van der Waals surface area contributed by atoms with Gasteiger partial charge in [0, 0.05) is 48.5 Å². The van der Waals surface area contributed by atoms with E-state index in [0.717, 1.165) is 19.5 Å². The van der Waals surface area contributed by atoms with Crippen LogP contribution in [0.25, 0.3) is 0 Å². The number of piperidine rings is 1. The molecule has 0 radical (unpaired) electrons. The second-order valence-corrected chi connectivity index (χ2v) is 10.9. The van der Waals surface area contributed by atoms with Gasteiger partial charge in [0.15, 0.2) is 0 Å². The Bertz CT molecular complexity index is 850. The molecule has 1 aliphatic heterocycles. The van der Waals surface area contributed by atoms with Gasteiger partial charge in [-0.1, -0.05) is 19.9 Å². The van der Waals surface area contributed by atoms with Gasteiger partial charge in [0.1, 0.15) is 6.04 Å². The van der Waals surface area contributed by atoms with Gasteiger partial charge >= 0.3 is 0 Å². The molecule has 31 heavy (non-hydrogen) atoms. The van der Waals surface area contributed by atoms with Crippen LogP contribution in [0.5, 0.6) is 0 Å². The Balaban J connectivity index is 1.79. The van der Waals surface area contributed by atoms with Crippen LogP contribution in [0.3, 0.4) is 0 Å². The highest BCUT2D eigenvalue weighted by atomic mass is 32.1. The van der Waals surface area contributed by atoms with Crippen molar-refractivity contribution in [2.24, 2.45) is 11.7 Å². The van der Waals surface area contributed by atoms with Gasteiger partial charge < -0.3 is 16.0 Å². The predicted molar refractivity (Wildman–Crippen MR) is 129 cm³/mol. The second kappa shape index (κ2) is 11.2. The molecular weight excluding hydrogens is 428 g/mol. The monoisotopic (exact) mass is 462 g/mol. The molecule has 6 nitrogen and oxygen atoms in total. The normalized spacial score (nSPS) is 19.2. The molecule has 3 N–H and O–H groups in total. The third-order valence-electron chi connectivity index (χ3n) is 5.58. The Labute approximate surface area is 193 Å². The number of aryl methyl sites for hydroxylation is 1. The fraction of sp³-hybridized carbons (Fsp3) is 0.565. The van der Waals surface area contributed by atoms with Gasteiger partial charge in [0.2, 0.25) is 5.91 Å². The van der Waals surface area contributed by atoms with E-state index >= 15 is 0 Å². The highest BCUT2D eigenvalue weighted by molar-refractivity contribution is 7.12. The van der Waals surface area contributed by atoms with Gasteiger partial charge in [-0.2, -0.15) is 0 Å². The number of likely N-dealkylation sites (tertiary alicyclic amines) is 1. The molecule has 3 heterocycles. The predicted octanol–water partition coefficient (Wildman–Crippen LogP) is 3.32. The number of nitrogens with two attached hydrogens (primary N) is 1. The standard InChI is InChI=1S/C23H34N4O2S2/c1-16(2)14-26(15-19-7-6-17(3)31-19)18-8-11-27(23(29)21-5-4-12-30-21)20(13-18)22(28)25-10-9-24/h4-7,12,16,18,20H,8-11,13-15,24H2,1-3H3,(H,25,28)/t18?,20-/m1/s1. The van der Waals surface area contributed by atoms with E-state index in [0.29, 0.717) is 36.9 Å². The maximum atomic E-state index is 13.1. The smallest absolute Gasteiger partial charge is 0.264 e. The zero-order chi connectivity index (χ0) is 22.4. The molecule has 1 saturated heterocycles. The van der Waals surface area contributed by atoms with Crippen molar-refractivity contribution >= 4 is 34.5 Å². The number of nitrogens with one attached hydrogen (secondary N) is 1. The fourth-order valence-corrected chi connectivity index (χ4v) is 5.80. The maximum absolute atomic E-state index is 13.1. The number of nitrogens with zero attached hydrogens (tertiary/aromatic N) is 2. The molecule has 0 aromatic carbocycles. The van der Waals surface area contributed by atoms with E-state index in [1.165, 1.54) is 21.1 Å². The molecule has 170 valence electrons. The Morgan fingerprint density at radius 2 is 2.13 bits per heavy atom.